The summed E-state index contributed by atoms with van der Waals surface area (Å²) in [5.41, 5.74) is 8.42. The molecule has 1 saturated carbocycles. The maximum Gasteiger partial charge on any atom is 0.251 e. The molecule has 1 heterocycles. The van der Waals surface area contributed by atoms with Crippen LogP contribution in [0.25, 0.3) is 11.1 Å². The van der Waals surface area contributed by atoms with E-state index in [-0.39, 0.29) is 33.9 Å². The van der Waals surface area contributed by atoms with Crippen molar-refractivity contribution in [2.45, 2.75) is 50.9 Å². The summed E-state index contributed by atoms with van der Waals surface area (Å²) in [4.78, 5) is 16.8. The molecule has 4 rings (SSSR count). The summed E-state index contributed by atoms with van der Waals surface area (Å²) < 4.78 is 19.9. The van der Waals surface area contributed by atoms with Gasteiger partial charge in [-0.15, -0.1) is 0 Å². The van der Waals surface area contributed by atoms with Gasteiger partial charge in [0.15, 0.2) is 11.6 Å². The Labute approximate surface area is 213 Å². The molecule has 0 bridgehead atoms. The average molecular weight is 518 g/mol. The van der Waals surface area contributed by atoms with Crippen molar-refractivity contribution in [2.75, 3.05) is 5.73 Å². The number of hydrogen-bond acceptors (Lipinski definition) is 5. The monoisotopic (exact) mass is 517 g/mol. The fourth-order valence-corrected chi connectivity index (χ4v) is 4.85. The Balaban J connectivity index is 1.48. The van der Waals surface area contributed by atoms with Gasteiger partial charge in [0, 0.05) is 34.0 Å². The van der Waals surface area contributed by atoms with Gasteiger partial charge in [-0.1, -0.05) is 35.3 Å². The summed E-state index contributed by atoms with van der Waals surface area (Å²) in [6, 6.07) is 11.5. The van der Waals surface area contributed by atoms with E-state index in [0.29, 0.717) is 29.7 Å². The molecule has 1 aliphatic carbocycles. The molecule has 4 N–H and O–H groups in total. The number of aliphatic hydroxyl groups is 1. The number of anilines is 1. The first-order valence-corrected chi connectivity index (χ1v) is 12.1. The van der Waals surface area contributed by atoms with Gasteiger partial charge in [-0.25, -0.2) is 9.37 Å². The topological polar surface area (TPSA) is 97.5 Å². The maximum atomic E-state index is 13.9. The van der Waals surface area contributed by atoms with Gasteiger partial charge in [-0.3, -0.25) is 4.79 Å². The number of amides is 1. The van der Waals surface area contributed by atoms with E-state index in [0.717, 1.165) is 24.0 Å². The number of rotatable bonds is 6. The van der Waals surface area contributed by atoms with Crippen molar-refractivity contribution < 1.29 is 19.0 Å². The van der Waals surface area contributed by atoms with Gasteiger partial charge < -0.3 is 20.9 Å². The van der Waals surface area contributed by atoms with Crippen LogP contribution in [-0.4, -0.2) is 28.1 Å². The molecule has 3 aromatic rings. The maximum absolute atomic E-state index is 13.9. The number of nitrogens with one attached hydrogen (secondary N) is 1. The fraction of sp³-hybridized carbons (Fsp3) is 0.308. The van der Waals surface area contributed by atoms with E-state index in [4.69, 9.17) is 33.7 Å². The summed E-state index contributed by atoms with van der Waals surface area (Å²) in [6.45, 7) is 1.69. The molecule has 1 atom stereocenters. The van der Waals surface area contributed by atoms with E-state index in [1.807, 2.05) is 12.1 Å². The van der Waals surface area contributed by atoms with Crippen LogP contribution in [0.1, 0.15) is 54.6 Å². The first-order chi connectivity index (χ1) is 16.7. The van der Waals surface area contributed by atoms with Crippen molar-refractivity contribution in [3.8, 4) is 16.9 Å². The lowest BCUT2D eigenvalue weighted by molar-refractivity contribution is 0.0867. The molecular formula is C26H26Cl2FN3O3. The Morgan fingerprint density at radius 3 is 2.51 bits per heavy atom. The standard InChI is InChI=1S/C26H26Cl2FN3O3/c1-14(23-20(27)10-11-21(29)24(23)28)35-22-12-17(13-31-25(22)30)15-2-4-16(5-3-15)26(34)32-18-6-8-19(33)9-7-18/h2-5,10-14,18-19,33H,6-9H2,1H3,(H2,30,31)(H,32,34)/t14-,18?,19?/m0/s1. The van der Waals surface area contributed by atoms with Crippen LogP contribution in [0.2, 0.25) is 10.0 Å². The number of nitrogens with two attached hydrogens (primary N) is 1. The number of nitrogen functional groups attached to an aromatic ring is 1. The molecule has 0 spiro atoms. The van der Waals surface area contributed by atoms with Crippen LogP contribution in [0, 0.1) is 5.82 Å². The van der Waals surface area contributed by atoms with Crippen molar-refractivity contribution in [2.24, 2.45) is 0 Å². The van der Waals surface area contributed by atoms with Crippen molar-refractivity contribution in [1.82, 2.24) is 10.3 Å². The fourth-order valence-electron chi connectivity index (χ4n) is 4.18. The highest BCUT2D eigenvalue weighted by molar-refractivity contribution is 6.36. The van der Waals surface area contributed by atoms with Crippen molar-refractivity contribution >= 4 is 34.9 Å². The SMILES string of the molecule is C[C@H](Oc1cc(-c2ccc(C(=O)NC3CCC(O)CC3)cc2)cnc1N)c1c(Cl)ccc(F)c1Cl. The van der Waals surface area contributed by atoms with Crippen LogP contribution in [0.15, 0.2) is 48.7 Å². The van der Waals surface area contributed by atoms with E-state index >= 15 is 0 Å². The molecule has 1 aromatic heterocycles. The molecule has 35 heavy (non-hydrogen) atoms. The number of pyridine rings is 1. The van der Waals surface area contributed by atoms with Crippen molar-refractivity contribution in [3.05, 3.63) is 75.7 Å². The van der Waals surface area contributed by atoms with Crippen LogP contribution in [0.4, 0.5) is 10.2 Å². The largest absolute Gasteiger partial charge is 0.482 e. The molecule has 1 amide bonds. The second-order valence-electron chi connectivity index (χ2n) is 8.68. The zero-order chi connectivity index (χ0) is 25.1. The Morgan fingerprint density at radius 2 is 1.83 bits per heavy atom. The van der Waals surface area contributed by atoms with Crippen LogP contribution < -0.4 is 15.8 Å². The number of halogens is 3. The third-order valence-corrected chi connectivity index (χ3v) is 6.90. The van der Waals surface area contributed by atoms with Crippen LogP contribution in [-0.2, 0) is 0 Å². The number of hydrogen-bond donors (Lipinski definition) is 3. The number of nitrogens with zero attached hydrogens (tertiary/aromatic N) is 1. The van der Waals surface area contributed by atoms with Gasteiger partial charge in [-0.05, 0) is 68.5 Å². The molecule has 6 nitrogen and oxygen atoms in total. The van der Waals surface area contributed by atoms with Gasteiger partial charge in [0.25, 0.3) is 5.91 Å². The Hall–Kier alpha value is -2.87. The lowest BCUT2D eigenvalue weighted by Gasteiger charge is -2.26. The first-order valence-electron chi connectivity index (χ1n) is 11.4. The summed E-state index contributed by atoms with van der Waals surface area (Å²) in [7, 11) is 0. The highest BCUT2D eigenvalue weighted by Gasteiger charge is 2.22. The second kappa shape index (κ2) is 10.8. The molecule has 1 aliphatic rings. The number of carbonyl (C=O) groups is 1. The number of ether oxygens (including phenoxy) is 1. The number of benzene rings is 2. The third-order valence-electron chi connectivity index (χ3n) is 6.18. The van der Waals surface area contributed by atoms with Crippen LogP contribution in [0.5, 0.6) is 5.75 Å². The predicted molar refractivity (Wildman–Crippen MR) is 135 cm³/mol. The molecule has 0 radical (unpaired) electrons. The summed E-state index contributed by atoms with van der Waals surface area (Å²) >= 11 is 12.3. The van der Waals surface area contributed by atoms with E-state index in [1.54, 1.807) is 31.3 Å². The lowest BCUT2D eigenvalue weighted by Crippen LogP contribution is -2.38. The zero-order valence-electron chi connectivity index (χ0n) is 19.1. The van der Waals surface area contributed by atoms with E-state index in [9.17, 15) is 14.3 Å². The number of carbonyl (C=O) groups excluding carboxylic acids is 1. The van der Waals surface area contributed by atoms with Gasteiger partial charge >= 0.3 is 0 Å². The predicted octanol–water partition coefficient (Wildman–Crippen LogP) is 5.95. The quantitative estimate of drug-likeness (QED) is 0.351. The lowest BCUT2D eigenvalue weighted by atomic mass is 9.93. The van der Waals surface area contributed by atoms with Gasteiger partial charge in [-0.2, -0.15) is 0 Å². The zero-order valence-corrected chi connectivity index (χ0v) is 20.6. The molecular weight excluding hydrogens is 492 g/mol. The van der Waals surface area contributed by atoms with Crippen molar-refractivity contribution in [1.29, 1.82) is 0 Å². The molecule has 0 unspecified atom stereocenters. The summed E-state index contributed by atoms with van der Waals surface area (Å²) in [5, 5.41) is 12.8. The Kier molecular flexibility index (Phi) is 7.79. The normalized spacial score (nSPS) is 18.7. The molecule has 1 fully saturated rings. The highest BCUT2D eigenvalue weighted by atomic mass is 35.5. The van der Waals surface area contributed by atoms with Crippen molar-refractivity contribution in [3.63, 3.8) is 0 Å². The van der Waals surface area contributed by atoms with Gasteiger partial charge in [0.1, 0.15) is 11.9 Å². The molecule has 184 valence electrons. The highest BCUT2D eigenvalue weighted by Crippen LogP contribution is 2.37. The molecule has 2 aromatic carbocycles. The first kappa shape index (κ1) is 25.2. The minimum atomic E-state index is -0.683. The van der Waals surface area contributed by atoms with E-state index in [1.165, 1.54) is 12.1 Å². The minimum absolute atomic E-state index is 0.0775. The second-order valence-corrected chi connectivity index (χ2v) is 9.47. The minimum Gasteiger partial charge on any atom is -0.482 e. The summed E-state index contributed by atoms with van der Waals surface area (Å²) in [5.74, 6) is -0.271. The molecule has 9 heteroatoms. The van der Waals surface area contributed by atoms with Crippen LogP contribution in [0.3, 0.4) is 0 Å². The van der Waals surface area contributed by atoms with Crippen LogP contribution >= 0.6 is 23.2 Å². The van der Waals surface area contributed by atoms with E-state index in [2.05, 4.69) is 10.3 Å². The smallest absolute Gasteiger partial charge is 0.251 e. The van der Waals surface area contributed by atoms with E-state index < -0.39 is 11.9 Å². The Morgan fingerprint density at radius 1 is 1.14 bits per heavy atom. The third kappa shape index (κ3) is 5.86. The van der Waals surface area contributed by atoms with Gasteiger partial charge in [0.2, 0.25) is 0 Å². The number of aliphatic hydroxyl groups excluding tert-OH is 1. The summed E-state index contributed by atoms with van der Waals surface area (Å²) in [6.07, 6.45) is 3.61. The number of aromatic nitrogens is 1. The molecule has 0 aliphatic heterocycles. The molecule has 0 saturated heterocycles. The van der Waals surface area contributed by atoms with Gasteiger partial charge in [0.05, 0.1) is 11.1 Å². The average Bonchev–Trinajstić information content (AvgIpc) is 2.84. The Bertz CT molecular complexity index is 1220.